The molecule has 0 aliphatic carbocycles. The van der Waals surface area contributed by atoms with Gasteiger partial charge < -0.3 is 9.47 Å². The lowest BCUT2D eigenvalue weighted by atomic mass is 9.94. The Hall–Kier alpha value is -2.63. The highest BCUT2D eigenvalue weighted by Crippen LogP contribution is 2.32. The van der Waals surface area contributed by atoms with Crippen LogP contribution < -0.4 is 0 Å². The van der Waals surface area contributed by atoms with Crippen molar-refractivity contribution < 1.29 is 22.6 Å². The molecule has 0 atom stereocenters. The largest absolute Gasteiger partial charge is 0.352 e. The Morgan fingerprint density at radius 3 is 1.88 bits per heavy atom. The summed E-state index contributed by atoms with van der Waals surface area (Å²) in [5.74, 6) is -1.99. The zero-order valence-corrected chi connectivity index (χ0v) is 25.4. The van der Waals surface area contributed by atoms with E-state index in [9.17, 15) is 4.39 Å². The van der Waals surface area contributed by atoms with Crippen molar-refractivity contribution in [2.75, 3.05) is 13.2 Å². The second-order valence-electron chi connectivity index (χ2n) is 11.7. The fourth-order valence-electron chi connectivity index (χ4n) is 5.79. The molecule has 1 fully saturated rings. The van der Waals surface area contributed by atoms with E-state index in [2.05, 4.69) is 13.8 Å². The van der Waals surface area contributed by atoms with Crippen LogP contribution in [0.2, 0.25) is 0 Å². The third-order valence-electron chi connectivity index (χ3n) is 8.44. The first-order chi connectivity index (χ1) is 20.5. The molecule has 0 spiro atoms. The number of unbranched alkanes of at least 4 members (excludes halogenated alkanes) is 9. The zero-order valence-electron chi connectivity index (χ0n) is 25.4. The van der Waals surface area contributed by atoms with Gasteiger partial charge in [-0.2, -0.15) is 0 Å². The summed E-state index contributed by atoms with van der Waals surface area (Å²) in [6, 6.07) is 15.8. The Bertz CT molecular complexity index is 1230. The molecule has 1 aliphatic heterocycles. The molecule has 42 heavy (non-hydrogen) atoms. The maximum Gasteiger partial charge on any atom is 0.166 e. The predicted molar refractivity (Wildman–Crippen MR) is 166 cm³/mol. The number of aryl methyl sites for hydroxylation is 1. The van der Waals surface area contributed by atoms with Gasteiger partial charge in [-0.3, -0.25) is 0 Å². The Morgan fingerprint density at radius 1 is 0.619 bits per heavy atom. The Balaban J connectivity index is 1.33. The van der Waals surface area contributed by atoms with E-state index in [0.29, 0.717) is 36.3 Å². The number of hydrogen-bond acceptors (Lipinski definition) is 2. The summed E-state index contributed by atoms with van der Waals surface area (Å²) in [6.45, 7) is 5.28. The molecule has 1 saturated heterocycles. The van der Waals surface area contributed by atoms with Crippen LogP contribution in [0.1, 0.15) is 108 Å². The number of hydrogen-bond donors (Lipinski definition) is 0. The highest BCUT2D eigenvalue weighted by atomic mass is 19.2. The summed E-state index contributed by atoms with van der Waals surface area (Å²) in [5.41, 5.74) is 3.40. The number of ether oxygens (including phenoxy) is 2. The van der Waals surface area contributed by atoms with Crippen molar-refractivity contribution in [1.29, 1.82) is 0 Å². The number of benzene rings is 3. The van der Waals surface area contributed by atoms with Crippen LogP contribution in [0.15, 0.2) is 54.6 Å². The van der Waals surface area contributed by atoms with E-state index < -0.39 is 11.6 Å². The van der Waals surface area contributed by atoms with Crippen molar-refractivity contribution in [3.05, 3.63) is 83.2 Å². The molecule has 5 heteroatoms. The molecule has 0 unspecified atom stereocenters. The zero-order chi connectivity index (χ0) is 29.7. The maximum atomic E-state index is 15.2. The first kappa shape index (κ1) is 32.3. The Morgan fingerprint density at radius 2 is 1.21 bits per heavy atom. The van der Waals surface area contributed by atoms with Crippen LogP contribution in [0.5, 0.6) is 0 Å². The van der Waals surface area contributed by atoms with Gasteiger partial charge in [0.15, 0.2) is 17.9 Å². The van der Waals surface area contributed by atoms with Gasteiger partial charge in [0.1, 0.15) is 5.82 Å². The van der Waals surface area contributed by atoms with Gasteiger partial charge in [-0.1, -0.05) is 120 Å². The monoisotopic (exact) mass is 580 g/mol. The number of rotatable bonds is 16. The third-order valence-corrected chi connectivity index (χ3v) is 8.44. The summed E-state index contributed by atoms with van der Waals surface area (Å²) in [5, 5.41) is 0. The molecule has 4 rings (SSSR count). The summed E-state index contributed by atoms with van der Waals surface area (Å²) in [7, 11) is 0. The van der Waals surface area contributed by atoms with Crippen LogP contribution in [0, 0.1) is 17.5 Å². The van der Waals surface area contributed by atoms with E-state index in [1.165, 1.54) is 51.0 Å². The van der Waals surface area contributed by atoms with Gasteiger partial charge in [-0.25, -0.2) is 13.2 Å². The minimum absolute atomic E-state index is 0.139. The van der Waals surface area contributed by atoms with E-state index in [0.717, 1.165) is 43.2 Å². The van der Waals surface area contributed by atoms with Crippen LogP contribution in [-0.4, -0.2) is 19.5 Å². The van der Waals surface area contributed by atoms with E-state index in [-0.39, 0.29) is 23.6 Å². The molecule has 0 bridgehead atoms. The van der Waals surface area contributed by atoms with E-state index in [4.69, 9.17) is 9.47 Å². The van der Waals surface area contributed by atoms with Gasteiger partial charge in [0, 0.05) is 11.5 Å². The van der Waals surface area contributed by atoms with Crippen molar-refractivity contribution in [2.24, 2.45) is 0 Å². The van der Waals surface area contributed by atoms with Crippen LogP contribution in [0.25, 0.3) is 22.3 Å². The molecule has 0 amide bonds. The van der Waals surface area contributed by atoms with Gasteiger partial charge >= 0.3 is 0 Å². The van der Waals surface area contributed by atoms with Crippen molar-refractivity contribution in [2.45, 2.75) is 110 Å². The molecule has 228 valence electrons. The minimum Gasteiger partial charge on any atom is -0.352 e. The molecule has 1 aliphatic rings. The van der Waals surface area contributed by atoms with Crippen LogP contribution in [-0.2, 0) is 15.9 Å². The lowest BCUT2D eigenvalue weighted by molar-refractivity contribution is -0.190. The molecular weight excluding hydrogens is 533 g/mol. The van der Waals surface area contributed by atoms with Crippen molar-refractivity contribution in [3.8, 4) is 22.3 Å². The van der Waals surface area contributed by atoms with Gasteiger partial charge in [0.2, 0.25) is 0 Å². The maximum absolute atomic E-state index is 15.2. The molecule has 0 radical (unpaired) electrons. The topological polar surface area (TPSA) is 18.5 Å². The quantitative estimate of drug-likeness (QED) is 0.157. The van der Waals surface area contributed by atoms with Gasteiger partial charge in [-0.15, -0.1) is 0 Å². The fourth-order valence-corrected chi connectivity index (χ4v) is 5.79. The van der Waals surface area contributed by atoms with Gasteiger partial charge in [0.25, 0.3) is 0 Å². The Kier molecular flexibility index (Phi) is 13.0. The van der Waals surface area contributed by atoms with Gasteiger partial charge in [0.05, 0.1) is 13.2 Å². The summed E-state index contributed by atoms with van der Waals surface area (Å²) < 4.78 is 56.8. The second-order valence-corrected chi connectivity index (χ2v) is 11.7. The molecular formula is C37H47F3O2. The highest BCUT2D eigenvalue weighted by Gasteiger charge is 2.25. The lowest BCUT2D eigenvalue weighted by Crippen LogP contribution is -2.31. The van der Waals surface area contributed by atoms with E-state index in [1.807, 2.05) is 18.2 Å². The smallest absolute Gasteiger partial charge is 0.166 e. The minimum atomic E-state index is -0.808. The SMILES string of the molecule is CCCCCCCCc1ccc(-c2ccc(-c3ccc(C4COC(CCCCCCC)OC4)c(F)c3)cc2)c(F)c1F. The normalized spacial score (nSPS) is 17.1. The average molecular weight is 581 g/mol. The van der Waals surface area contributed by atoms with Crippen LogP contribution >= 0.6 is 0 Å². The lowest BCUT2D eigenvalue weighted by Gasteiger charge is -2.30. The van der Waals surface area contributed by atoms with Crippen LogP contribution in [0.4, 0.5) is 13.2 Å². The summed E-state index contributed by atoms with van der Waals surface area (Å²) in [4.78, 5) is 0. The predicted octanol–water partition coefficient (Wildman–Crippen LogP) is 11.2. The molecule has 2 nitrogen and oxygen atoms in total. The van der Waals surface area contributed by atoms with E-state index >= 15 is 8.78 Å². The van der Waals surface area contributed by atoms with Crippen molar-refractivity contribution in [1.82, 2.24) is 0 Å². The first-order valence-electron chi connectivity index (χ1n) is 16.1. The number of halogens is 3. The molecule has 0 saturated carbocycles. The fraction of sp³-hybridized carbons (Fsp3) is 0.514. The first-order valence-corrected chi connectivity index (χ1v) is 16.1. The molecule has 0 N–H and O–H groups in total. The van der Waals surface area contributed by atoms with Gasteiger partial charge in [-0.05, 0) is 59.6 Å². The molecule has 0 aromatic heterocycles. The molecule has 3 aromatic carbocycles. The van der Waals surface area contributed by atoms with Crippen LogP contribution in [0.3, 0.4) is 0 Å². The summed E-state index contributed by atoms with van der Waals surface area (Å²) >= 11 is 0. The summed E-state index contributed by atoms with van der Waals surface area (Å²) in [6.07, 6.45) is 13.9. The van der Waals surface area contributed by atoms with Crippen molar-refractivity contribution in [3.63, 3.8) is 0 Å². The molecule has 1 heterocycles. The Labute approximate surface area is 250 Å². The standard InChI is InChI=1S/C37H47F3O2/c1-3-5-7-9-11-12-14-29-20-23-33(37(40)36(29)39)28-18-16-27(17-19-28)30-21-22-32(34(38)24-30)31-25-41-35(42-26-31)15-13-10-8-6-4-2/h16-24,31,35H,3-15,25-26H2,1-2H3. The second kappa shape index (κ2) is 16.9. The molecule has 3 aromatic rings. The van der Waals surface area contributed by atoms with E-state index in [1.54, 1.807) is 30.3 Å². The highest BCUT2D eigenvalue weighted by molar-refractivity contribution is 5.71. The average Bonchev–Trinajstić information content (AvgIpc) is 3.01. The van der Waals surface area contributed by atoms with Crippen molar-refractivity contribution >= 4 is 0 Å². The third kappa shape index (κ3) is 8.94.